The van der Waals surface area contributed by atoms with E-state index in [1.54, 1.807) is 7.11 Å². The fraction of sp³-hybridized carbons (Fsp3) is 0.391. The number of fused-ring (bicyclic) bond motifs is 4. The van der Waals surface area contributed by atoms with Gasteiger partial charge >= 0.3 is 0 Å². The van der Waals surface area contributed by atoms with Crippen molar-refractivity contribution in [2.45, 2.75) is 31.8 Å². The molecule has 5 nitrogen and oxygen atoms in total. The summed E-state index contributed by atoms with van der Waals surface area (Å²) in [6, 6.07) is 17.8. The van der Waals surface area contributed by atoms with Crippen LogP contribution in [-0.2, 0) is 22.6 Å². The van der Waals surface area contributed by atoms with Gasteiger partial charge < -0.3 is 14.5 Å². The first-order valence-corrected chi connectivity index (χ1v) is 9.89. The predicted octanol–water partition coefficient (Wildman–Crippen LogP) is 2.89. The zero-order chi connectivity index (χ0) is 19.5. The van der Waals surface area contributed by atoms with Crippen LogP contribution in [0.25, 0.3) is 0 Å². The van der Waals surface area contributed by atoms with E-state index in [1.807, 2.05) is 52.3 Å². The van der Waals surface area contributed by atoms with Crippen LogP contribution in [0.15, 0.2) is 54.6 Å². The number of methoxy groups -OCH3 is 1. The largest absolute Gasteiger partial charge is 0.497 e. The highest BCUT2D eigenvalue weighted by Gasteiger charge is 2.41. The summed E-state index contributed by atoms with van der Waals surface area (Å²) in [5.41, 5.74) is 2.11. The normalized spacial score (nSPS) is 21.5. The lowest BCUT2D eigenvalue weighted by Crippen LogP contribution is -2.47. The minimum atomic E-state index is -0.0812. The molecular formula is C23H26N2O3. The third kappa shape index (κ3) is 3.88. The third-order valence-corrected chi connectivity index (χ3v) is 5.86. The number of hydrogen-bond donors (Lipinski definition) is 0. The number of carbonyl (C=O) groups is 2. The summed E-state index contributed by atoms with van der Waals surface area (Å²) >= 11 is 0. The van der Waals surface area contributed by atoms with E-state index in [0.29, 0.717) is 26.1 Å². The van der Waals surface area contributed by atoms with Gasteiger partial charge in [-0.1, -0.05) is 42.5 Å². The number of nitrogens with zero attached hydrogens (tertiary/aromatic N) is 2. The van der Waals surface area contributed by atoms with Gasteiger partial charge in [0.1, 0.15) is 5.75 Å². The van der Waals surface area contributed by atoms with Crippen molar-refractivity contribution in [2.24, 2.45) is 5.92 Å². The fourth-order valence-electron chi connectivity index (χ4n) is 4.26. The fourth-order valence-corrected chi connectivity index (χ4v) is 4.26. The van der Waals surface area contributed by atoms with Crippen LogP contribution in [0.1, 0.15) is 24.0 Å². The van der Waals surface area contributed by atoms with Gasteiger partial charge in [0.15, 0.2) is 0 Å². The SMILES string of the molecule is COc1ccc(CC(=O)N2C[C@@H]3CC[C@H](C2)N(Cc2ccccc2)C3=O)cc1. The van der Waals surface area contributed by atoms with Crippen molar-refractivity contribution in [3.63, 3.8) is 0 Å². The van der Waals surface area contributed by atoms with Crippen LogP contribution in [0.5, 0.6) is 5.75 Å². The molecule has 2 aromatic rings. The number of hydrogen-bond acceptors (Lipinski definition) is 3. The molecule has 0 spiro atoms. The molecule has 0 radical (unpaired) electrons. The van der Waals surface area contributed by atoms with Crippen LogP contribution >= 0.6 is 0 Å². The predicted molar refractivity (Wildman–Crippen MR) is 107 cm³/mol. The van der Waals surface area contributed by atoms with Gasteiger partial charge in [0.2, 0.25) is 11.8 Å². The van der Waals surface area contributed by atoms with Crippen LogP contribution in [-0.4, -0.2) is 47.9 Å². The van der Waals surface area contributed by atoms with Crippen molar-refractivity contribution in [3.05, 3.63) is 65.7 Å². The monoisotopic (exact) mass is 378 g/mol. The Morgan fingerprint density at radius 1 is 1.00 bits per heavy atom. The Morgan fingerprint density at radius 2 is 1.75 bits per heavy atom. The highest BCUT2D eigenvalue weighted by molar-refractivity contribution is 5.84. The summed E-state index contributed by atoms with van der Waals surface area (Å²) in [4.78, 5) is 29.8. The first kappa shape index (κ1) is 18.5. The van der Waals surface area contributed by atoms with Gasteiger partial charge in [-0.3, -0.25) is 9.59 Å². The molecule has 5 heteroatoms. The molecule has 0 N–H and O–H groups in total. The average molecular weight is 378 g/mol. The van der Waals surface area contributed by atoms with E-state index < -0.39 is 0 Å². The van der Waals surface area contributed by atoms with Crippen molar-refractivity contribution in [2.75, 3.05) is 20.2 Å². The summed E-state index contributed by atoms with van der Waals surface area (Å²) < 4.78 is 5.18. The van der Waals surface area contributed by atoms with Gasteiger partial charge in [-0.05, 0) is 36.1 Å². The van der Waals surface area contributed by atoms with Crippen LogP contribution in [0.3, 0.4) is 0 Å². The minimum absolute atomic E-state index is 0.0812. The van der Waals surface area contributed by atoms with Crippen molar-refractivity contribution in [1.82, 2.24) is 9.80 Å². The molecule has 2 bridgehead atoms. The highest BCUT2D eigenvalue weighted by Crippen LogP contribution is 2.30. The maximum atomic E-state index is 13.0. The second kappa shape index (κ2) is 8.05. The lowest BCUT2D eigenvalue weighted by molar-refractivity contribution is -0.140. The van der Waals surface area contributed by atoms with Gasteiger partial charge in [-0.2, -0.15) is 0 Å². The number of benzene rings is 2. The molecule has 0 aliphatic carbocycles. The number of ether oxygens (including phenoxy) is 1. The lowest BCUT2D eigenvalue weighted by atomic mass is 9.93. The molecule has 5 rings (SSSR count). The van der Waals surface area contributed by atoms with Crippen molar-refractivity contribution in [1.29, 1.82) is 0 Å². The van der Waals surface area contributed by atoms with E-state index in [0.717, 1.165) is 29.7 Å². The third-order valence-electron chi connectivity index (χ3n) is 5.86. The van der Waals surface area contributed by atoms with Gasteiger partial charge in [-0.25, -0.2) is 0 Å². The Morgan fingerprint density at radius 3 is 2.46 bits per heavy atom. The average Bonchev–Trinajstić information content (AvgIpc) is 3.02. The molecule has 0 saturated carbocycles. The Labute approximate surface area is 165 Å². The van der Waals surface area contributed by atoms with Gasteiger partial charge in [0.05, 0.1) is 19.4 Å². The topological polar surface area (TPSA) is 49.9 Å². The molecular weight excluding hydrogens is 352 g/mol. The molecule has 3 saturated heterocycles. The van der Waals surface area contributed by atoms with Crippen molar-refractivity contribution in [3.8, 4) is 5.75 Å². The molecule has 28 heavy (non-hydrogen) atoms. The Hall–Kier alpha value is -2.82. The summed E-state index contributed by atoms with van der Waals surface area (Å²) in [6.45, 7) is 1.79. The summed E-state index contributed by atoms with van der Waals surface area (Å²) in [5.74, 6) is 0.990. The van der Waals surface area contributed by atoms with E-state index in [1.165, 1.54) is 0 Å². The second-order valence-corrected chi connectivity index (χ2v) is 7.70. The molecule has 3 aliphatic rings. The molecule has 2 aromatic carbocycles. The molecule has 0 unspecified atom stereocenters. The Kier molecular flexibility index (Phi) is 5.33. The second-order valence-electron chi connectivity index (χ2n) is 7.70. The number of amides is 2. The molecule has 3 fully saturated rings. The first-order valence-electron chi connectivity index (χ1n) is 9.89. The number of rotatable bonds is 5. The summed E-state index contributed by atoms with van der Waals surface area (Å²) in [7, 11) is 1.63. The van der Waals surface area contributed by atoms with Crippen LogP contribution in [0.2, 0.25) is 0 Å². The van der Waals surface area contributed by atoms with Crippen LogP contribution < -0.4 is 4.74 Å². The summed E-state index contributed by atoms with van der Waals surface area (Å²) in [6.07, 6.45) is 2.20. The first-order chi connectivity index (χ1) is 13.6. The molecule has 2 atom stereocenters. The van der Waals surface area contributed by atoms with Crippen molar-refractivity contribution < 1.29 is 14.3 Å². The Bertz CT molecular complexity index is 835. The van der Waals surface area contributed by atoms with E-state index in [-0.39, 0.29) is 23.8 Å². The zero-order valence-corrected chi connectivity index (χ0v) is 16.2. The Balaban J connectivity index is 1.45. The molecule has 3 heterocycles. The zero-order valence-electron chi connectivity index (χ0n) is 16.2. The lowest BCUT2D eigenvalue weighted by Gasteiger charge is -2.36. The van der Waals surface area contributed by atoms with Crippen LogP contribution in [0.4, 0.5) is 0 Å². The minimum Gasteiger partial charge on any atom is -0.497 e. The maximum absolute atomic E-state index is 13.0. The standard InChI is InChI=1S/C23H26N2O3/c1-28-21-11-7-17(8-12-21)13-22(26)24-15-19-9-10-20(16-24)25(23(19)27)14-18-5-3-2-4-6-18/h2-8,11-12,19-20H,9-10,13-16H2,1H3/t19-,20+/m0/s1. The quantitative estimate of drug-likeness (QED) is 0.804. The van der Waals surface area contributed by atoms with Crippen LogP contribution in [0, 0.1) is 5.92 Å². The van der Waals surface area contributed by atoms with Gasteiger partial charge in [0.25, 0.3) is 0 Å². The van der Waals surface area contributed by atoms with E-state index in [2.05, 4.69) is 12.1 Å². The molecule has 146 valence electrons. The van der Waals surface area contributed by atoms with E-state index in [4.69, 9.17) is 4.74 Å². The maximum Gasteiger partial charge on any atom is 0.228 e. The van der Waals surface area contributed by atoms with Gasteiger partial charge in [-0.15, -0.1) is 0 Å². The smallest absolute Gasteiger partial charge is 0.228 e. The molecule has 3 aliphatic heterocycles. The summed E-state index contributed by atoms with van der Waals surface area (Å²) in [5, 5.41) is 0. The molecule has 0 aromatic heterocycles. The highest BCUT2D eigenvalue weighted by atomic mass is 16.5. The number of piperidine rings is 1. The molecule has 2 amide bonds. The van der Waals surface area contributed by atoms with Crippen molar-refractivity contribution >= 4 is 11.8 Å². The van der Waals surface area contributed by atoms with Gasteiger partial charge in [0, 0.05) is 25.7 Å². The van der Waals surface area contributed by atoms with E-state index >= 15 is 0 Å². The number of carbonyl (C=O) groups excluding carboxylic acids is 2. The van der Waals surface area contributed by atoms with E-state index in [9.17, 15) is 9.59 Å².